The van der Waals surface area contributed by atoms with E-state index in [0.717, 1.165) is 19.3 Å². The number of phosphoric acid groups is 1. The molecule has 1 aliphatic rings. The van der Waals surface area contributed by atoms with Crippen LogP contribution in [0.5, 0.6) is 0 Å². The maximum Gasteiger partial charge on any atom is 0.472 e. The molecule has 1 fully saturated rings. The third kappa shape index (κ3) is 21.5. The number of carbonyl (C=O) groups excluding carboxylic acids is 1. The average Bonchev–Trinajstić information content (AvgIpc) is 3.07. The zero-order chi connectivity index (χ0) is 35.6. The van der Waals surface area contributed by atoms with Gasteiger partial charge in [0.25, 0.3) is 0 Å². The zero-order valence-corrected chi connectivity index (χ0v) is 30.4. The van der Waals surface area contributed by atoms with Gasteiger partial charge in [0, 0.05) is 6.42 Å². The van der Waals surface area contributed by atoms with Crippen LogP contribution in [0.2, 0.25) is 0 Å². The highest BCUT2D eigenvalue weighted by atomic mass is 31.2. The average molecular weight is 713 g/mol. The van der Waals surface area contributed by atoms with E-state index < -0.39 is 69.7 Å². The van der Waals surface area contributed by atoms with Gasteiger partial charge in [0.2, 0.25) is 0 Å². The van der Waals surface area contributed by atoms with Crippen LogP contribution in [-0.4, -0.2) is 97.4 Å². The molecular formula is C35H69O12P. The first-order valence-electron chi connectivity index (χ1n) is 18.9. The molecule has 6 unspecified atom stereocenters. The van der Waals surface area contributed by atoms with Crippen LogP contribution < -0.4 is 0 Å². The predicted octanol–water partition coefficient (Wildman–Crippen LogP) is 5.59. The molecule has 0 aromatic carbocycles. The lowest BCUT2D eigenvalue weighted by molar-refractivity contribution is -0.220. The Bertz CT molecular complexity index is 817. The molecule has 1 aliphatic carbocycles. The fraction of sp³-hybridized carbons (Fsp3) is 0.971. The van der Waals surface area contributed by atoms with Crippen LogP contribution in [0, 0.1) is 0 Å². The summed E-state index contributed by atoms with van der Waals surface area (Å²) >= 11 is 0. The number of rotatable bonds is 31. The molecule has 6 atom stereocenters. The Labute approximate surface area is 289 Å². The van der Waals surface area contributed by atoms with Crippen molar-refractivity contribution in [1.82, 2.24) is 0 Å². The first kappa shape index (κ1) is 45.4. The van der Waals surface area contributed by atoms with E-state index in [0.29, 0.717) is 6.42 Å². The van der Waals surface area contributed by atoms with Crippen molar-refractivity contribution in [2.24, 2.45) is 0 Å². The predicted molar refractivity (Wildman–Crippen MR) is 184 cm³/mol. The molecular weight excluding hydrogens is 643 g/mol. The Kier molecular flexibility index (Phi) is 26.5. The Morgan fingerprint density at radius 1 is 0.562 bits per heavy atom. The molecule has 1 saturated carbocycles. The number of aliphatic hydroxyl groups is 6. The molecule has 0 radical (unpaired) electrons. The van der Waals surface area contributed by atoms with Crippen molar-refractivity contribution in [2.75, 3.05) is 13.2 Å². The van der Waals surface area contributed by atoms with Crippen LogP contribution >= 0.6 is 7.82 Å². The molecule has 0 saturated heterocycles. The van der Waals surface area contributed by atoms with Gasteiger partial charge in [-0.15, -0.1) is 0 Å². The van der Waals surface area contributed by atoms with Crippen molar-refractivity contribution in [3.63, 3.8) is 0 Å². The lowest BCUT2D eigenvalue weighted by Crippen LogP contribution is -2.64. The summed E-state index contributed by atoms with van der Waals surface area (Å²) in [7, 11) is -4.99. The number of phosphoric ester groups is 1. The second-order valence-electron chi connectivity index (χ2n) is 13.7. The number of unbranched alkanes of at least 4 members (excludes halogenated alkanes) is 22. The maximum absolute atomic E-state index is 12.2. The molecule has 0 heterocycles. The highest BCUT2D eigenvalue weighted by Gasteiger charge is 2.51. The van der Waals surface area contributed by atoms with Crippen LogP contribution in [0.1, 0.15) is 161 Å². The zero-order valence-electron chi connectivity index (χ0n) is 29.5. The van der Waals surface area contributed by atoms with E-state index in [1.807, 2.05) is 0 Å². The summed E-state index contributed by atoms with van der Waals surface area (Å²) in [4.78, 5) is 21.8. The fourth-order valence-electron chi connectivity index (χ4n) is 6.05. The van der Waals surface area contributed by atoms with Gasteiger partial charge in [-0.3, -0.25) is 13.8 Å². The molecule has 13 heteroatoms. The van der Waals surface area contributed by atoms with Gasteiger partial charge < -0.3 is 40.3 Å². The maximum atomic E-state index is 12.2. The van der Waals surface area contributed by atoms with E-state index in [1.165, 1.54) is 122 Å². The number of esters is 1. The van der Waals surface area contributed by atoms with Crippen molar-refractivity contribution in [3.8, 4) is 0 Å². The van der Waals surface area contributed by atoms with Crippen molar-refractivity contribution in [2.45, 2.75) is 204 Å². The number of carbonyl (C=O) groups is 1. The van der Waals surface area contributed by atoms with Gasteiger partial charge in [0.15, 0.2) is 0 Å². The SMILES string of the molecule is CCCCCCCCCCCCCCCCCCCCCCCCCC(=O)OCC(O)COP(=O)(O)OC1C(O)C(O)C(O)C(O)C1O. The summed E-state index contributed by atoms with van der Waals surface area (Å²) in [5.41, 5.74) is 0. The van der Waals surface area contributed by atoms with Gasteiger partial charge in [-0.1, -0.05) is 148 Å². The summed E-state index contributed by atoms with van der Waals surface area (Å²) in [6, 6.07) is 0. The Balaban J connectivity index is 1.91. The first-order chi connectivity index (χ1) is 23.0. The number of aliphatic hydroxyl groups excluding tert-OH is 6. The monoisotopic (exact) mass is 712 g/mol. The molecule has 1 rings (SSSR count). The highest BCUT2D eigenvalue weighted by molar-refractivity contribution is 7.47. The molecule has 0 bridgehead atoms. The molecule has 0 aromatic heterocycles. The van der Waals surface area contributed by atoms with Gasteiger partial charge in [-0.05, 0) is 6.42 Å². The van der Waals surface area contributed by atoms with Gasteiger partial charge >= 0.3 is 13.8 Å². The second-order valence-corrected chi connectivity index (χ2v) is 15.1. The third-order valence-electron chi connectivity index (χ3n) is 9.18. The number of hydrogen-bond acceptors (Lipinski definition) is 11. The topological polar surface area (TPSA) is 203 Å². The van der Waals surface area contributed by atoms with E-state index in [1.54, 1.807) is 0 Å². The van der Waals surface area contributed by atoms with Gasteiger partial charge in [-0.25, -0.2) is 4.57 Å². The van der Waals surface area contributed by atoms with E-state index >= 15 is 0 Å². The molecule has 7 N–H and O–H groups in total. The number of hydrogen-bond donors (Lipinski definition) is 7. The van der Waals surface area contributed by atoms with Crippen LogP contribution in [0.4, 0.5) is 0 Å². The lowest BCUT2D eigenvalue weighted by Gasteiger charge is -2.41. The van der Waals surface area contributed by atoms with E-state index in [4.69, 9.17) is 4.74 Å². The lowest BCUT2D eigenvalue weighted by atomic mass is 9.85. The summed E-state index contributed by atoms with van der Waals surface area (Å²) in [6.07, 6.45) is 16.7. The van der Waals surface area contributed by atoms with Crippen LogP contribution in [0.15, 0.2) is 0 Å². The minimum Gasteiger partial charge on any atom is -0.463 e. The minimum atomic E-state index is -4.99. The third-order valence-corrected chi connectivity index (χ3v) is 10.2. The molecule has 0 amide bonds. The Morgan fingerprint density at radius 2 is 0.896 bits per heavy atom. The summed E-state index contributed by atoms with van der Waals surface area (Å²) in [5, 5.41) is 58.8. The summed E-state index contributed by atoms with van der Waals surface area (Å²) < 4.78 is 26.5. The highest BCUT2D eigenvalue weighted by Crippen LogP contribution is 2.47. The largest absolute Gasteiger partial charge is 0.472 e. The number of ether oxygens (including phenoxy) is 1. The van der Waals surface area contributed by atoms with Crippen molar-refractivity contribution < 1.29 is 58.7 Å². The molecule has 286 valence electrons. The van der Waals surface area contributed by atoms with Gasteiger partial charge in [0.05, 0.1) is 6.61 Å². The standard InChI is InChI=1S/C35H69O12P/c1-2-3-4-5-6-7-8-9-10-11-12-13-14-15-16-17-18-19-20-21-22-23-24-25-29(37)45-26-28(36)27-46-48(43,44)47-35-33(41)31(39)30(38)32(40)34(35)42/h28,30-36,38-42H,2-27H2,1H3,(H,43,44). The van der Waals surface area contributed by atoms with Crippen LogP contribution in [0.25, 0.3) is 0 Å². The van der Waals surface area contributed by atoms with E-state index in [2.05, 4.69) is 16.0 Å². The molecule has 0 spiro atoms. The fourth-order valence-corrected chi connectivity index (χ4v) is 7.03. The van der Waals surface area contributed by atoms with Crippen LogP contribution in [0.3, 0.4) is 0 Å². The van der Waals surface area contributed by atoms with Crippen molar-refractivity contribution in [3.05, 3.63) is 0 Å². The van der Waals surface area contributed by atoms with Crippen molar-refractivity contribution in [1.29, 1.82) is 0 Å². The van der Waals surface area contributed by atoms with Crippen molar-refractivity contribution >= 4 is 13.8 Å². The molecule has 0 aromatic rings. The quantitative estimate of drug-likeness (QED) is 0.0267. The first-order valence-corrected chi connectivity index (χ1v) is 20.4. The molecule has 0 aliphatic heterocycles. The summed E-state index contributed by atoms with van der Waals surface area (Å²) in [6.45, 7) is 1.02. The van der Waals surface area contributed by atoms with Gasteiger partial charge in [0.1, 0.15) is 49.3 Å². The van der Waals surface area contributed by atoms with E-state index in [9.17, 15) is 44.9 Å². The van der Waals surface area contributed by atoms with Gasteiger partial charge in [-0.2, -0.15) is 0 Å². The minimum absolute atomic E-state index is 0.197. The Hall–Kier alpha value is -0.660. The second kappa shape index (κ2) is 28.0. The normalized spacial score (nSPS) is 24.8. The Morgan fingerprint density at radius 3 is 1.27 bits per heavy atom. The molecule has 48 heavy (non-hydrogen) atoms. The summed E-state index contributed by atoms with van der Waals surface area (Å²) in [5.74, 6) is -0.504. The van der Waals surface area contributed by atoms with Crippen LogP contribution in [-0.2, 0) is 23.1 Å². The van der Waals surface area contributed by atoms with E-state index in [-0.39, 0.29) is 6.42 Å². The smallest absolute Gasteiger partial charge is 0.463 e. The molecule has 12 nitrogen and oxygen atoms in total.